The van der Waals surface area contributed by atoms with Crippen LogP contribution in [-0.4, -0.2) is 50.9 Å². The van der Waals surface area contributed by atoms with Crippen molar-refractivity contribution in [1.29, 1.82) is 0 Å². The largest absolute Gasteiger partial charge is 0.375 e. The molecule has 0 aromatic carbocycles. The van der Waals surface area contributed by atoms with E-state index in [4.69, 9.17) is 4.74 Å². The van der Waals surface area contributed by atoms with Gasteiger partial charge in [-0.15, -0.1) is 0 Å². The van der Waals surface area contributed by atoms with Crippen molar-refractivity contribution >= 4 is 16.9 Å². The van der Waals surface area contributed by atoms with Gasteiger partial charge < -0.3 is 9.64 Å². The van der Waals surface area contributed by atoms with Crippen LogP contribution in [0.3, 0.4) is 0 Å². The predicted molar refractivity (Wildman–Crippen MR) is 95.7 cm³/mol. The SMILES string of the molecule is Cc1cc(C(=O)N2CCC3(CCCO3)CC2)c2cnn(C(C)C)c2n1. The minimum atomic E-state index is 0.0305. The van der Waals surface area contributed by atoms with E-state index in [2.05, 4.69) is 23.9 Å². The van der Waals surface area contributed by atoms with Gasteiger partial charge in [0.25, 0.3) is 5.91 Å². The van der Waals surface area contributed by atoms with Crippen molar-refractivity contribution in [3.8, 4) is 0 Å². The smallest absolute Gasteiger partial charge is 0.254 e. The van der Waals surface area contributed by atoms with Gasteiger partial charge in [-0.3, -0.25) is 4.79 Å². The first-order chi connectivity index (χ1) is 12.0. The van der Waals surface area contributed by atoms with Crippen LogP contribution in [-0.2, 0) is 4.74 Å². The fourth-order valence-electron chi connectivity index (χ4n) is 4.14. The number of pyridine rings is 1. The average Bonchev–Trinajstić information content (AvgIpc) is 3.21. The fourth-order valence-corrected chi connectivity index (χ4v) is 4.14. The Kier molecular flexibility index (Phi) is 4.02. The molecule has 1 spiro atoms. The van der Waals surface area contributed by atoms with Gasteiger partial charge in [-0.05, 0) is 52.5 Å². The summed E-state index contributed by atoms with van der Waals surface area (Å²) in [5, 5.41) is 5.29. The maximum atomic E-state index is 13.2. The Morgan fingerprint density at radius 3 is 2.68 bits per heavy atom. The molecule has 2 aliphatic rings. The van der Waals surface area contributed by atoms with Crippen LogP contribution in [0.5, 0.6) is 0 Å². The van der Waals surface area contributed by atoms with E-state index in [1.807, 2.05) is 22.6 Å². The molecule has 0 saturated carbocycles. The minimum Gasteiger partial charge on any atom is -0.375 e. The van der Waals surface area contributed by atoms with Crippen molar-refractivity contribution in [2.24, 2.45) is 0 Å². The predicted octanol–water partition coefficient (Wildman–Crippen LogP) is 3.11. The molecule has 0 N–H and O–H groups in total. The van der Waals surface area contributed by atoms with Crippen LogP contribution in [0, 0.1) is 6.92 Å². The molecule has 0 unspecified atom stereocenters. The number of amides is 1. The zero-order valence-electron chi connectivity index (χ0n) is 15.3. The number of carbonyl (C=O) groups excluding carboxylic acids is 1. The Morgan fingerprint density at radius 2 is 2.04 bits per heavy atom. The molecule has 1 amide bonds. The van der Waals surface area contributed by atoms with Crippen LogP contribution in [0.1, 0.15) is 61.6 Å². The highest BCUT2D eigenvalue weighted by Crippen LogP contribution is 2.36. The Labute approximate surface area is 148 Å². The summed E-state index contributed by atoms with van der Waals surface area (Å²) in [6, 6.07) is 2.11. The summed E-state index contributed by atoms with van der Waals surface area (Å²) in [6.07, 6.45) is 5.94. The molecule has 4 heterocycles. The van der Waals surface area contributed by atoms with E-state index in [1.54, 1.807) is 6.20 Å². The summed E-state index contributed by atoms with van der Waals surface area (Å²) >= 11 is 0. The van der Waals surface area contributed by atoms with E-state index in [-0.39, 0.29) is 17.6 Å². The van der Waals surface area contributed by atoms with Gasteiger partial charge in [0, 0.05) is 31.4 Å². The van der Waals surface area contributed by atoms with Gasteiger partial charge in [0.05, 0.1) is 22.7 Å². The average molecular weight is 342 g/mol. The van der Waals surface area contributed by atoms with Crippen LogP contribution >= 0.6 is 0 Å². The molecule has 0 aliphatic carbocycles. The number of carbonyl (C=O) groups is 1. The molecule has 2 aromatic heterocycles. The van der Waals surface area contributed by atoms with Gasteiger partial charge in [-0.25, -0.2) is 9.67 Å². The number of hydrogen-bond acceptors (Lipinski definition) is 4. The third-order valence-electron chi connectivity index (χ3n) is 5.56. The fraction of sp³-hybridized carbons (Fsp3) is 0.632. The zero-order chi connectivity index (χ0) is 17.6. The molecule has 2 saturated heterocycles. The van der Waals surface area contributed by atoms with Crippen LogP contribution in [0.2, 0.25) is 0 Å². The van der Waals surface area contributed by atoms with Gasteiger partial charge in [-0.1, -0.05) is 0 Å². The van der Waals surface area contributed by atoms with E-state index in [9.17, 15) is 4.79 Å². The minimum absolute atomic E-state index is 0.0305. The molecule has 0 bridgehead atoms. The second-order valence-corrected chi connectivity index (χ2v) is 7.66. The highest BCUT2D eigenvalue weighted by molar-refractivity contribution is 6.05. The van der Waals surface area contributed by atoms with Crippen molar-refractivity contribution in [3.63, 3.8) is 0 Å². The van der Waals surface area contributed by atoms with E-state index in [0.717, 1.165) is 67.7 Å². The molecule has 2 aromatic rings. The summed E-state index contributed by atoms with van der Waals surface area (Å²) < 4.78 is 7.86. The van der Waals surface area contributed by atoms with Crippen molar-refractivity contribution in [2.75, 3.05) is 19.7 Å². The number of hydrogen-bond donors (Lipinski definition) is 0. The Balaban J connectivity index is 1.62. The molecular formula is C19H26N4O2. The summed E-state index contributed by atoms with van der Waals surface area (Å²) in [5.41, 5.74) is 2.40. The number of rotatable bonds is 2. The molecule has 4 rings (SSSR count). The zero-order valence-corrected chi connectivity index (χ0v) is 15.3. The third-order valence-corrected chi connectivity index (χ3v) is 5.56. The first-order valence-electron chi connectivity index (χ1n) is 9.27. The lowest BCUT2D eigenvalue weighted by atomic mass is 9.88. The number of aromatic nitrogens is 3. The van der Waals surface area contributed by atoms with Crippen molar-refractivity contribution in [1.82, 2.24) is 19.7 Å². The van der Waals surface area contributed by atoms with Gasteiger partial charge in [0.15, 0.2) is 5.65 Å². The van der Waals surface area contributed by atoms with Crippen molar-refractivity contribution < 1.29 is 9.53 Å². The van der Waals surface area contributed by atoms with Crippen LogP contribution in [0.25, 0.3) is 11.0 Å². The molecule has 25 heavy (non-hydrogen) atoms. The van der Waals surface area contributed by atoms with Crippen molar-refractivity contribution in [3.05, 3.63) is 23.5 Å². The first kappa shape index (κ1) is 16.5. The maximum Gasteiger partial charge on any atom is 0.254 e. The van der Waals surface area contributed by atoms with Gasteiger partial charge in [0.1, 0.15) is 0 Å². The molecule has 0 radical (unpaired) electrons. The highest BCUT2D eigenvalue weighted by Gasteiger charge is 2.39. The third kappa shape index (κ3) is 2.82. The normalized spacial score (nSPS) is 20.1. The second kappa shape index (κ2) is 6.09. The summed E-state index contributed by atoms with van der Waals surface area (Å²) in [7, 11) is 0. The van der Waals surface area contributed by atoms with Gasteiger partial charge >= 0.3 is 0 Å². The number of ether oxygens (including phenoxy) is 1. The highest BCUT2D eigenvalue weighted by atomic mass is 16.5. The van der Waals surface area contributed by atoms with E-state index < -0.39 is 0 Å². The number of piperidine rings is 1. The van der Waals surface area contributed by atoms with Crippen LogP contribution in [0.4, 0.5) is 0 Å². The van der Waals surface area contributed by atoms with Crippen LogP contribution < -0.4 is 0 Å². The summed E-state index contributed by atoms with van der Waals surface area (Å²) in [5.74, 6) is 0.0895. The van der Waals surface area contributed by atoms with E-state index in [1.165, 1.54) is 0 Å². The number of nitrogens with zero attached hydrogens (tertiary/aromatic N) is 4. The molecule has 6 nitrogen and oxygen atoms in total. The molecule has 2 aliphatic heterocycles. The van der Waals surface area contributed by atoms with Gasteiger partial charge in [0.2, 0.25) is 0 Å². The second-order valence-electron chi connectivity index (χ2n) is 7.66. The molecule has 134 valence electrons. The lowest BCUT2D eigenvalue weighted by molar-refractivity contribution is -0.0387. The van der Waals surface area contributed by atoms with Crippen molar-refractivity contribution in [2.45, 2.75) is 58.1 Å². The molecule has 2 fully saturated rings. The molecule has 0 atom stereocenters. The lowest BCUT2D eigenvalue weighted by Crippen LogP contribution is -2.46. The van der Waals surface area contributed by atoms with Gasteiger partial charge in [-0.2, -0.15) is 5.10 Å². The van der Waals surface area contributed by atoms with Crippen LogP contribution in [0.15, 0.2) is 12.3 Å². The quantitative estimate of drug-likeness (QED) is 0.841. The monoisotopic (exact) mass is 342 g/mol. The first-order valence-corrected chi connectivity index (χ1v) is 9.27. The number of likely N-dealkylation sites (tertiary alicyclic amines) is 1. The van der Waals surface area contributed by atoms with E-state index >= 15 is 0 Å². The maximum absolute atomic E-state index is 13.2. The number of aryl methyl sites for hydroxylation is 1. The molecule has 6 heteroatoms. The molecular weight excluding hydrogens is 316 g/mol. The Bertz CT molecular complexity index is 795. The number of fused-ring (bicyclic) bond motifs is 1. The topological polar surface area (TPSA) is 60.3 Å². The Morgan fingerprint density at radius 1 is 1.28 bits per heavy atom. The summed E-state index contributed by atoms with van der Waals surface area (Å²) in [4.78, 5) is 19.7. The lowest BCUT2D eigenvalue weighted by Gasteiger charge is -2.38. The van der Waals surface area contributed by atoms with E-state index in [0.29, 0.717) is 0 Å². The standard InChI is InChI=1S/C19H26N4O2/c1-13(2)23-17-16(12-20-23)15(11-14(3)21-17)18(24)22-8-6-19(7-9-22)5-4-10-25-19/h11-13H,4-10H2,1-3H3. The Hall–Kier alpha value is -1.95. The summed E-state index contributed by atoms with van der Waals surface area (Å²) in [6.45, 7) is 8.48.